The summed E-state index contributed by atoms with van der Waals surface area (Å²) in [4.78, 5) is 26.9. The average Bonchev–Trinajstić information content (AvgIpc) is 3.25. The van der Waals surface area contributed by atoms with Crippen LogP contribution in [-0.4, -0.2) is 42.0 Å². The predicted octanol–water partition coefficient (Wildman–Crippen LogP) is 1.89. The van der Waals surface area contributed by atoms with Gasteiger partial charge in [-0.2, -0.15) is 0 Å². The fourth-order valence-electron chi connectivity index (χ4n) is 5.02. The zero-order chi connectivity index (χ0) is 16.4. The van der Waals surface area contributed by atoms with Gasteiger partial charge in [-0.1, -0.05) is 6.07 Å². The number of anilines is 1. The lowest BCUT2D eigenvalue weighted by atomic mass is 9.82. The number of ether oxygens (including phenoxy) is 1. The van der Waals surface area contributed by atoms with E-state index in [4.69, 9.17) is 4.74 Å². The Morgan fingerprint density at radius 3 is 2.62 bits per heavy atom. The van der Waals surface area contributed by atoms with Crippen LogP contribution in [-0.2, 0) is 14.3 Å². The smallest absolute Gasteiger partial charge is 0.230 e. The summed E-state index contributed by atoms with van der Waals surface area (Å²) in [6, 6.07) is 4.26. The SMILES string of the molecule is O=C1CC(C(=O)N2CC3C4CCC(O4)C3C2)c2ccc(F)cc2N1. The van der Waals surface area contributed by atoms with Gasteiger partial charge in [-0.15, -0.1) is 0 Å². The third-order valence-electron chi connectivity index (χ3n) is 6.12. The number of carbonyl (C=O) groups excluding carboxylic acids is 2. The number of benzene rings is 1. The summed E-state index contributed by atoms with van der Waals surface area (Å²) in [5.74, 6) is -0.269. The Kier molecular flexibility index (Phi) is 3.01. The fourth-order valence-corrected chi connectivity index (χ4v) is 5.02. The lowest BCUT2D eigenvalue weighted by molar-refractivity contribution is -0.134. The number of carbonyl (C=O) groups is 2. The highest BCUT2D eigenvalue weighted by molar-refractivity contribution is 6.01. The lowest BCUT2D eigenvalue weighted by Crippen LogP contribution is -2.38. The molecule has 5 unspecified atom stereocenters. The molecule has 5 atom stereocenters. The molecule has 4 aliphatic rings. The van der Waals surface area contributed by atoms with Gasteiger partial charge in [-0.05, 0) is 30.5 Å². The topological polar surface area (TPSA) is 58.6 Å². The van der Waals surface area contributed by atoms with E-state index in [1.54, 1.807) is 6.07 Å². The van der Waals surface area contributed by atoms with Crippen LogP contribution in [0.2, 0.25) is 0 Å². The van der Waals surface area contributed by atoms with Crippen LogP contribution in [0.25, 0.3) is 0 Å². The molecular weight excluding hydrogens is 311 g/mol. The zero-order valence-electron chi connectivity index (χ0n) is 13.2. The van der Waals surface area contributed by atoms with E-state index in [2.05, 4.69) is 5.32 Å². The van der Waals surface area contributed by atoms with Crippen LogP contribution in [0.15, 0.2) is 18.2 Å². The van der Waals surface area contributed by atoms with Gasteiger partial charge in [0.2, 0.25) is 11.8 Å². The van der Waals surface area contributed by atoms with E-state index >= 15 is 0 Å². The number of amides is 2. The summed E-state index contributed by atoms with van der Waals surface area (Å²) in [5, 5.41) is 2.67. The highest BCUT2D eigenvalue weighted by atomic mass is 19.1. The molecule has 5 rings (SSSR count). The molecule has 4 aliphatic heterocycles. The molecule has 1 aromatic rings. The lowest BCUT2D eigenvalue weighted by Gasteiger charge is -2.29. The van der Waals surface area contributed by atoms with E-state index in [9.17, 15) is 14.0 Å². The summed E-state index contributed by atoms with van der Waals surface area (Å²) < 4.78 is 19.4. The van der Waals surface area contributed by atoms with Gasteiger partial charge in [0.25, 0.3) is 0 Å². The molecule has 1 N–H and O–H groups in total. The molecule has 5 nitrogen and oxygen atoms in total. The number of fused-ring (bicyclic) bond motifs is 6. The number of nitrogens with one attached hydrogen (secondary N) is 1. The predicted molar refractivity (Wildman–Crippen MR) is 83.8 cm³/mol. The molecule has 4 heterocycles. The van der Waals surface area contributed by atoms with Crippen LogP contribution in [0.5, 0.6) is 0 Å². The molecule has 1 aromatic carbocycles. The van der Waals surface area contributed by atoms with E-state index < -0.39 is 11.7 Å². The number of halogens is 1. The first-order chi connectivity index (χ1) is 11.6. The number of nitrogens with zero attached hydrogens (tertiary/aromatic N) is 1. The minimum Gasteiger partial charge on any atom is -0.374 e. The Morgan fingerprint density at radius 1 is 1.21 bits per heavy atom. The number of hydrogen-bond donors (Lipinski definition) is 1. The van der Waals surface area contributed by atoms with E-state index in [0.29, 0.717) is 29.7 Å². The number of rotatable bonds is 1. The maximum Gasteiger partial charge on any atom is 0.230 e. The first-order valence-electron chi connectivity index (χ1n) is 8.63. The van der Waals surface area contributed by atoms with E-state index in [0.717, 1.165) is 31.5 Å². The van der Waals surface area contributed by atoms with Crippen molar-refractivity contribution in [2.45, 2.75) is 37.4 Å². The van der Waals surface area contributed by atoms with Crippen LogP contribution < -0.4 is 5.32 Å². The second-order valence-corrected chi connectivity index (χ2v) is 7.40. The normalized spacial score (nSPS) is 36.5. The second kappa shape index (κ2) is 5.02. The van der Waals surface area contributed by atoms with E-state index in [1.807, 2.05) is 4.90 Å². The molecule has 0 aliphatic carbocycles. The van der Waals surface area contributed by atoms with Crippen molar-refractivity contribution in [1.29, 1.82) is 0 Å². The summed E-state index contributed by atoms with van der Waals surface area (Å²) in [6.07, 6.45) is 2.93. The Hall–Kier alpha value is -1.95. The minimum atomic E-state index is -0.508. The van der Waals surface area contributed by atoms with Crippen molar-refractivity contribution >= 4 is 17.5 Å². The molecule has 2 bridgehead atoms. The molecule has 24 heavy (non-hydrogen) atoms. The highest BCUT2D eigenvalue weighted by Crippen LogP contribution is 2.48. The maximum absolute atomic E-state index is 13.4. The average molecular weight is 330 g/mol. The van der Waals surface area contributed by atoms with Gasteiger partial charge in [-0.3, -0.25) is 9.59 Å². The van der Waals surface area contributed by atoms with Crippen molar-refractivity contribution in [3.05, 3.63) is 29.6 Å². The van der Waals surface area contributed by atoms with Crippen LogP contribution in [0.1, 0.15) is 30.7 Å². The molecule has 3 fully saturated rings. The van der Waals surface area contributed by atoms with Gasteiger partial charge in [0.15, 0.2) is 0 Å². The Morgan fingerprint density at radius 2 is 1.92 bits per heavy atom. The quantitative estimate of drug-likeness (QED) is 0.855. The molecule has 0 radical (unpaired) electrons. The van der Waals surface area contributed by atoms with Gasteiger partial charge >= 0.3 is 0 Å². The maximum atomic E-state index is 13.4. The van der Waals surface area contributed by atoms with Crippen LogP contribution in [0, 0.1) is 17.7 Å². The summed E-state index contributed by atoms with van der Waals surface area (Å²) in [7, 11) is 0. The van der Waals surface area contributed by atoms with Crippen LogP contribution >= 0.6 is 0 Å². The largest absolute Gasteiger partial charge is 0.374 e. The van der Waals surface area contributed by atoms with E-state index in [-0.39, 0.29) is 18.2 Å². The minimum absolute atomic E-state index is 0.00786. The van der Waals surface area contributed by atoms with Crippen molar-refractivity contribution in [3.8, 4) is 0 Å². The Bertz CT molecular complexity index is 719. The molecule has 126 valence electrons. The Balaban J connectivity index is 1.41. The molecule has 0 saturated carbocycles. The van der Waals surface area contributed by atoms with Gasteiger partial charge in [0, 0.05) is 37.0 Å². The molecule has 2 amide bonds. The van der Waals surface area contributed by atoms with Crippen molar-refractivity contribution < 1.29 is 18.7 Å². The third kappa shape index (κ3) is 2.02. The summed E-state index contributed by atoms with van der Waals surface area (Å²) in [5.41, 5.74) is 1.14. The zero-order valence-corrected chi connectivity index (χ0v) is 13.2. The molecular formula is C18H19FN2O3. The first-order valence-corrected chi connectivity index (χ1v) is 8.63. The first kappa shape index (κ1) is 14.4. The van der Waals surface area contributed by atoms with Gasteiger partial charge in [0.1, 0.15) is 5.82 Å². The van der Waals surface area contributed by atoms with Crippen molar-refractivity contribution in [2.75, 3.05) is 18.4 Å². The highest BCUT2D eigenvalue weighted by Gasteiger charge is 2.54. The van der Waals surface area contributed by atoms with Crippen LogP contribution in [0.4, 0.5) is 10.1 Å². The van der Waals surface area contributed by atoms with Crippen molar-refractivity contribution in [1.82, 2.24) is 4.90 Å². The van der Waals surface area contributed by atoms with Gasteiger partial charge in [-0.25, -0.2) is 4.39 Å². The second-order valence-electron chi connectivity index (χ2n) is 7.40. The molecule has 6 heteroatoms. The van der Waals surface area contributed by atoms with E-state index in [1.165, 1.54) is 12.1 Å². The van der Waals surface area contributed by atoms with Gasteiger partial charge < -0.3 is 15.0 Å². The third-order valence-corrected chi connectivity index (χ3v) is 6.12. The summed E-state index contributed by atoms with van der Waals surface area (Å²) >= 11 is 0. The van der Waals surface area contributed by atoms with Crippen LogP contribution in [0.3, 0.4) is 0 Å². The molecule has 0 spiro atoms. The van der Waals surface area contributed by atoms with Gasteiger partial charge in [0.05, 0.1) is 18.1 Å². The van der Waals surface area contributed by atoms with Crippen molar-refractivity contribution in [2.24, 2.45) is 11.8 Å². The molecule has 3 saturated heterocycles. The fraction of sp³-hybridized carbons (Fsp3) is 0.556. The monoisotopic (exact) mass is 330 g/mol. The van der Waals surface area contributed by atoms with Crippen molar-refractivity contribution in [3.63, 3.8) is 0 Å². The Labute approximate surface area is 139 Å². The molecule has 0 aromatic heterocycles. The standard InChI is InChI=1S/C18H19FN2O3/c19-9-1-2-10-11(6-17(22)20-14(10)5-9)18(23)21-7-12-13(8-21)16-4-3-15(12)24-16/h1-2,5,11-13,15-16H,3-4,6-8H2,(H,20,22). The number of hydrogen-bond acceptors (Lipinski definition) is 3. The number of likely N-dealkylation sites (tertiary alicyclic amines) is 1. The summed E-state index contributed by atoms with van der Waals surface area (Å²) in [6.45, 7) is 1.44.